The van der Waals surface area contributed by atoms with E-state index in [2.05, 4.69) is 9.72 Å². The monoisotopic (exact) mass is 479 g/mol. The smallest absolute Gasteiger partial charge is 0.335 e. The van der Waals surface area contributed by atoms with Crippen LogP contribution in [-0.2, 0) is 6.54 Å². The molecule has 5 rings (SSSR count). The Morgan fingerprint density at radius 1 is 1.17 bits per heavy atom. The number of carbonyl (C=O) groups is 1. The Bertz CT molecular complexity index is 1410. The van der Waals surface area contributed by atoms with Crippen LogP contribution in [0.5, 0.6) is 0 Å². The lowest BCUT2D eigenvalue weighted by Gasteiger charge is -2.28. The van der Waals surface area contributed by atoms with Crippen LogP contribution in [0.15, 0.2) is 41.2 Å². The second-order valence-electron chi connectivity index (χ2n) is 9.62. The molecule has 0 radical (unpaired) electrons. The van der Waals surface area contributed by atoms with Crippen LogP contribution in [0.2, 0.25) is 0 Å². The minimum absolute atomic E-state index is 0.0812. The molecule has 0 saturated heterocycles. The summed E-state index contributed by atoms with van der Waals surface area (Å²) in [6, 6.07) is 7.31. The number of hydrogen-bond donors (Lipinski definition) is 1. The van der Waals surface area contributed by atoms with E-state index in [0.717, 1.165) is 39.0 Å². The van der Waals surface area contributed by atoms with Crippen molar-refractivity contribution < 1.29 is 23.2 Å². The third kappa shape index (κ3) is 4.33. The molecule has 6 nitrogen and oxygen atoms in total. The van der Waals surface area contributed by atoms with Crippen LogP contribution < -0.4 is 0 Å². The molecule has 1 saturated carbocycles. The first kappa shape index (κ1) is 23.2. The van der Waals surface area contributed by atoms with Crippen LogP contribution in [0, 0.1) is 26.7 Å². The zero-order valence-electron chi connectivity index (χ0n) is 19.9. The highest BCUT2D eigenvalue weighted by Gasteiger charge is 2.35. The molecule has 8 heteroatoms. The van der Waals surface area contributed by atoms with Gasteiger partial charge in [-0.3, -0.25) is 4.98 Å². The van der Waals surface area contributed by atoms with E-state index >= 15 is 0 Å². The van der Waals surface area contributed by atoms with E-state index in [1.54, 1.807) is 25.3 Å². The van der Waals surface area contributed by atoms with Gasteiger partial charge < -0.3 is 14.2 Å². The average molecular weight is 480 g/mol. The molecule has 3 heterocycles. The Kier molecular flexibility index (Phi) is 5.69. The highest BCUT2D eigenvalue weighted by Crippen LogP contribution is 2.39. The van der Waals surface area contributed by atoms with Crippen LogP contribution in [0.4, 0.5) is 8.78 Å². The van der Waals surface area contributed by atoms with Crippen LogP contribution in [-0.4, -0.2) is 31.7 Å². The first-order valence-corrected chi connectivity index (χ1v) is 11.8. The van der Waals surface area contributed by atoms with Crippen molar-refractivity contribution in [3.05, 3.63) is 59.2 Å². The van der Waals surface area contributed by atoms with Gasteiger partial charge in [0.05, 0.1) is 22.3 Å². The zero-order valence-corrected chi connectivity index (χ0v) is 19.9. The molecule has 1 fully saturated rings. The van der Waals surface area contributed by atoms with Gasteiger partial charge in [0.2, 0.25) is 5.92 Å². The van der Waals surface area contributed by atoms with Crippen molar-refractivity contribution in [1.29, 1.82) is 0 Å². The Morgan fingerprint density at radius 2 is 1.91 bits per heavy atom. The minimum Gasteiger partial charge on any atom is -0.478 e. The topological polar surface area (TPSA) is 81.2 Å². The quantitative estimate of drug-likeness (QED) is 0.340. The maximum absolute atomic E-state index is 13.7. The normalized spacial score (nSPS) is 16.1. The van der Waals surface area contributed by atoms with Gasteiger partial charge in [-0.2, -0.15) is 0 Å². The number of halogens is 2. The summed E-state index contributed by atoms with van der Waals surface area (Å²) in [5.41, 5.74) is 6.90. The van der Waals surface area contributed by atoms with Crippen LogP contribution in [0.3, 0.4) is 0 Å². The Balaban J connectivity index is 1.61. The molecule has 182 valence electrons. The largest absolute Gasteiger partial charge is 0.478 e. The third-order valence-corrected chi connectivity index (χ3v) is 7.10. The molecule has 1 aromatic carbocycles. The van der Waals surface area contributed by atoms with Gasteiger partial charge in [-0.05, 0) is 62.8 Å². The molecule has 0 unspecified atom stereocenters. The number of aromatic nitrogens is 3. The number of nitrogens with zero attached hydrogens (tertiary/aromatic N) is 3. The molecule has 4 aromatic rings. The lowest BCUT2D eigenvalue weighted by Crippen LogP contribution is -2.26. The van der Waals surface area contributed by atoms with Gasteiger partial charge in [0.15, 0.2) is 0 Å². The van der Waals surface area contributed by atoms with Gasteiger partial charge in [0.1, 0.15) is 5.76 Å². The SMILES string of the molecule is Cc1cc(-c2cn(CC3CCC(F)(F)CC3)c3cc(-c4c(C)noc4C)cnc23)ccc1C(=O)O. The number of alkyl halides is 2. The number of pyridine rings is 1. The molecule has 0 aliphatic heterocycles. The van der Waals surface area contributed by atoms with E-state index in [4.69, 9.17) is 9.51 Å². The first-order valence-electron chi connectivity index (χ1n) is 11.8. The Hall–Kier alpha value is -3.55. The fourth-order valence-electron chi connectivity index (χ4n) is 5.19. The summed E-state index contributed by atoms with van der Waals surface area (Å²) in [4.78, 5) is 16.3. The van der Waals surface area contributed by atoms with Gasteiger partial charge in [0, 0.05) is 48.5 Å². The summed E-state index contributed by atoms with van der Waals surface area (Å²) in [6.45, 7) is 6.14. The molecule has 1 aliphatic carbocycles. The van der Waals surface area contributed by atoms with Crippen molar-refractivity contribution in [3.8, 4) is 22.3 Å². The molecule has 35 heavy (non-hydrogen) atoms. The number of fused-ring (bicyclic) bond motifs is 1. The molecule has 1 aliphatic rings. The summed E-state index contributed by atoms with van der Waals surface area (Å²) in [5.74, 6) is -2.68. The van der Waals surface area contributed by atoms with Crippen LogP contribution in [0.25, 0.3) is 33.3 Å². The predicted octanol–water partition coefficient (Wildman–Crippen LogP) is 6.81. The van der Waals surface area contributed by atoms with Crippen molar-refractivity contribution in [2.45, 2.75) is 58.9 Å². The number of carboxylic acids is 1. The number of benzene rings is 1. The zero-order chi connectivity index (χ0) is 24.9. The summed E-state index contributed by atoms with van der Waals surface area (Å²) in [7, 11) is 0. The predicted molar refractivity (Wildman–Crippen MR) is 129 cm³/mol. The molecule has 0 amide bonds. The molecular weight excluding hydrogens is 452 g/mol. The van der Waals surface area contributed by atoms with Crippen molar-refractivity contribution >= 4 is 17.0 Å². The van der Waals surface area contributed by atoms with Crippen molar-refractivity contribution in [2.75, 3.05) is 0 Å². The molecule has 1 N–H and O–H groups in total. The number of rotatable bonds is 5. The number of aromatic carboxylic acids is 1. The Labute approximate surface area is 201 Å². The van der Waals surface area contributed by atoms with E-state index in [1.807, 2.05) is 32.2 Å². The highest BCUT2D eigenvalue weighted by molar-refractivity contribution is 5.96. The molecule has 0 bridgehead atoms. The van der Waals surface area contributed by atoms with Crippen molar-refractivity contribution in [2.24, 2.45) is 5.92 Å². The van der Waals surface area contributed by atoms with Crippen molar-refractivity contribution in [3.63, 3.8) is 0 Å². The van der Waals surface area contributed by atoms with Gasteiger partial charge >= 0.3 is 5.97 Å². The number of aryl methyl sites for hydroxylation is 3. The molecule has 0 spiro atoms. The first-order chi connectivity index (χ1) is 16.6. The van der Waals surface area contributed by atoms with Gasteiger partial charge in [-0.15, -0.1) is 0 Å². The van der Waals surface area contributed by atoms with E-state index in [9.17, 15) is 18.7 Å². The second-order valence-corrected chi connectivity index (χ2v) is 9.62. The van der Waals surface area contributed by atoms with E-state index in [0.29, 0.717) is 30.7 Å². The van der Waals surface area contributed by atoms with E-state index in [1.165, 1.54) is 0 Å². The number of hydrogen-bond acceptors (Lipinski definition) is 4. The highest BCUT2D eigenvalue weighted by atomic mass is 19.3. The van der Waals surface area contributed by atoms with E-state index < -0.39 is 11.9 Å². The lowest BCUT2D eigenvalue weighted by atomic mass is 9.87. The van der Waals surface area contributed by atoms with Gasteiger partial charge in [0.25, 0.3) is 0 Å². The summed E-state index contributed by atoms with van der Waals surface area (Å²) >= 11 is 0. The molecule has 3 aromatic heterocycles. The van der Waals surface area contributed by atoms with Crippen LogP contribution in [0.1, 0.15) is 53.1 Å². The fraction of sp³-hybridized carbons (Fsp3) is 0.370. The van der Waals surface area contributed by atoms with Crippen LogP contribution >= 0.6 is 0 Å². The van der Waals surface area contributed by atoms with Gasteiger partial charge in [-0.1, -0.05) is 17.3 Å². The third-order valence-electron chi connectivity index (χ3n) is 7.10. The Morgan fingerprint density at radius 3 is 2.54 bits per heavy atom. The molecule has 0 atom stereocenters. The van der Waals surface area contributed by atoms with E-state index in [-0.39, 0.29) is 24.3 Å². The maximum Gasteiger partial charge on any atom is 0.335 e. The summed E-state index contributed by atoms with van der Waals surface area (Å²) in [6.07, 6.45) is 4.60. The summed E-state index contributed by atoms with van der Waals surface area (Å²) in [5, 5.41) is 13.5. The average Bonchev–Trinajstić information content (AvgIpc) is 3.33. The lowest BCUT2D eigenvalue weighted by molar-refractivity contribution is -0.0472. The van der Waals surface area contributed by atoms with Gasteiger partial charge in [-0.25, -0.2) is 13.6 Å². The molecular formula is C27H27F2N3O3. The summed E-state index contributed by atoms with van der Waals surface area (Å²) < 4.78 is 34.9. The maximum atomic E-state index is 13.7. The minimum atomic E-state index is -2.57. The fourth-order valence-corrected chi connectivity index (χ4v) is 5.19. The number of carboxylic acid groups (broad SMARTS) is 1. The van der Waals surface area contributed by atoms with Crippen molar-refractivity contribution in [1.82, 2.24) is 14.7 Å². The standard InChI is InChI=1S/C27H27F2N3O3/c1-15-10-19(4-5-21(15)26(33)34)22-14-32(13-18-6-8-27(28,29)9-7-18)23-11-20(12-30-25(22)23)24-16(2)31-35-17(24)3/h4-5,10-12,14,18H,6-9,13H2,1-3H3,(H,33,34). The second kappa shape index (κ2) is 8.59.